The van der Waals surface area contributed by atoms with Gasteiger partial charge in [0.25, 0.3) is 0 Å². The molecule has 1 atom stereocenters. The first kappa shape index (κ1) is 13.9. The first-order valence-corrected chi connectivity index (χ1v) is 7.24. The third kappa shape index (κ3) is 3.97. The van der Waals surface area contributed by atoms with Crippen LogP contribution in [-0.4, -0.2) is 41.1 Å². The number of anilines is 1. The zero-order chi connectivity index (χ0) is 13.7. The van der Waals surface area contributed by atoms with Gasteiger partial charge in [0.1, 0.15) is 0 Å². The third-order valence-electron chi connectivity index (χ3n) is 2.86. The summed E-state index contributed by atoms with van der Waals surface area (Å²) in [6.07, 6.45) is -0.0939. The van der Waals surface area contributed by atoms with Crippen LogP contribution < -0.4 is 10.6 Å². The van der Waals surface area contributed by atoms with Crippen molar-refractivity contribution in [2.24, 2.45) is 0 Å². The predicted octanol–water partition coefficient (Wildman–Crippen LogP) is 0.957. The van der Waals surface area contributed by atoms with Crippen molar-refractivity contribution in [1.29, 1.82) is 0 Å². The van der Waals surface area contributed by atoms with Crippen molar-refractivity contribution >= 4 is 29.3 Å². The van der Waals surface area contributed by atoms with Gasteiger partial charge in [-0.3, -0.25) is 9.59 Å². The number of carbonyl (C=O) groups excluding carboxylic acids is 1. The number of hydrogen-bond donors (Lipinski definition) is 3. The van der Waals surface area contributed by atoms with Crippen molar-refractivity contribution in [2.75, 3.05) is 23.4 Å². The third-order valence-corrected chi connectivity index (χ3v) is 3.92. The van der Waals surface area contributed by atoms with Crippen molar-refractivity contribution in [3.05, 3.63) is 29.8 Å². The van der Waals surface area contributed by atoms with E-state index in [1.807, 2.05) is 0 Å². The highest BCUT2D eigenvalue weighted by atomic mass is 32.2. The lowest BCUT2D eigenvalue weighted by molar-refractivity contribution is -0.136. The second-order valence-corrected chi connectivity index (χ2v) is 5.45. The van der Waals surface area contributed by atoms with E-state index >= 15 is 0 Å². The summed E-state index contributed by atoms with van der Waals surface area (Å²) >= 11 is 1.74. The molecular formula is C13H16N2O3S. The number of carboxylic acid groups (broad SMARTS) is 1. The largest absolute Gasteiger partial charge is 0.481 e. The molecule has 0 radical (unpaired) electrons. The average Bonchev–Trinajstić information content (AvgIpc) is 2.41. The minimum absolute atomic E-state index is 0.0939. The van der Waals surface area contributed by atoms with E-state index in [0.29, 0.717) is 11.3 Å². The maximum atomic E-state index is 12.1. The first-order chi connectivity index (χ1) is 9.16. The van der Waals surface area contributed by atoms with Crippen molar-refractivity contribution < 1.29 is 14.7 Å². The number of amides is 1. The Bertz CT molecular complexity index is 473. The van der Waals surface area contributed by atoms with Gasteiger partial charge in [-0.05, 0) is 11.6 Å². The Morgan fingerprint density at radius 1 is 1.42 bits per heavy atom. The smallest absolute Gasteiger partial charge is 0.307 e. The maximum Gasteiger partial charge on any atom is 0.307 e. The molecule has 1 aliphatic rings. The van der Waals surface area contributed by atoms with E-state index < -0.39 is 5.97 Å². The molecule has 0 aromatic heterocycles. The average molecular weight is 280 g/mol. The quantitative estimate of drug-likeness (QED) is 0.765. The lowest BCUT2D eigenvalue weighted by atomic mass is 10.1. The molecular weight excluding hydrogens is 264 g/mol. The van der Waals surface area contributed by atoms with E-state index in [4.69, 9.17) is 5.11 Å². The maximum absolute atomic E-state index is 12.1. The van der Waals surface area contributed by atoms with Crippen LogP contribution in [0.25, 0.3) is 0 Å². The van der Waals surface area contributed by atoms with E-state index in [0.717, 1.165) is 18.1 Å². The molecule has 19 heavy (non-hydrogen) atoms. The number of hydrogen-bond acceptors (Lipinski definition) is 4. The first-order valence-electron chi connectivity index (χ1n) is 6.08. The molecule has 2 rings (SSSR count). The fourth-order valence-corrected chi connectivity index (χ4v) is 2.85. The molecule has 1 aromatic carbocycles. The number of para-hydroxylation sites is 1. The normalized spacial score (nSPS) is 18.8. The highest BCUT2D eigenvalue weighted by Crippen LogP contribution is 2.17. The van der Waals surface area contributed by atoms with Crippen LogP contribution in [0.2, 0.25) is 0 Å². The number of carbonyl (C=O) groups is 2. The Labute approximate surface area is 115 Å². The fraction of sp³-hybridized carbons (Fsp3) is 0.385. The summed E-state index contributed by atoms with van der Waals surface area (Å²) in [6, 6.07) is 6.78. The lowest BCUT2D eigenvalue weighted by Crippen LogP contribution is -2.46. The van der Waals surface area contributed by atoms with Crippen molar-refractivity contribution in [3.63, 3.8) is 0 Å². The Kier molecular flexibility index (Phi) is 4.81. The number of carboxylic acids is 1. The van der Waals surface area contributed by atoms with Gasteiger partial charge in [0.05, 0.1) is 12.5 Å². The van der Waals surface area contributed by atoms with E-state index in [-0.39, 0.29) is 18.4 Å². The number of aliphatic carboxylic acids is 1. The van der Waals surface area contributed by atoms with Crippen molar-refractivity contribution in [2.45, 2.75) is 12.5 Å². The molecule has 0 spiro atoms. The van der Waals surface area contributed by atoms with Gasteiger partial charge in [-0.25, -0.2) is 0 Å². The number of thioether (sulfide) groups is 1. The van der Waals surface area contributed by atoms with Crippen molar-refractivity contribution in [1.82, 2.24) is 5.32 Å². The minimum Gasteiger partial charge on any atom is -0.481 e. The lowest BCUT2D eigenvalue weighted by Gasteiger charge is -2.22. The number of nitrogens with one attached hydrogen (secondary N) is 2. The topological polar surface area (TPSA) is 78.4 Å². The SMILES string of the molecule is O=C(O)Cc1ccccc1NC(=O)C1CSCCN1. The molecule has 3 N–H and O–H groups in total. The van der Waals surface area contributed by atoms with Gasteiger partial charge in [0, 0.05) is 23.7 Å². The minimum atomic E-state index is -0.909. The molecule has 1 amide bonds. The van der Waals surface area contributed by atoms with Crippen LogP contribution in [0.1, 0.15) is 5.56 Å². The van der Waals surface area contributed by atoms with Gasteiger partial charge in [0.15, 0.2) is 0 Å². The molecule has 0 bridgehead atoms. The summed E-state index contributed by atoms with van der Waals surface area (Å²) < 4.78 is 0. The Morgan fingerprint density at radius 2 is 2.21 bits per heavy atom. The van der Waals surface area contributed by atoms with E-state index in [1.54, 1.807) is 36.0 Å². The Morgan fingerprint density at radius 3 is 2.89 bits per heavy atom. The zero-order valence-electron chi connectivity index (χ0n) is 10.4. The molecule has 1 saturated heterocycles. The molecule has 6 heteroatoms. The molecule has 1 aliphatic heterocycles. The standard InChI is InChI=1S/C13H16N2O3S/c16-12(17)7-9-3-1-2-4-10(9)15-13(18)11-8-19-6-5-14-11/h1-4,11,14H,5-8H2,(H,15,18)(H,16,17). The summed E-state index contributed by atoms with van der Waals surface area (Å²) in [4.78, 5) is 22.9. The van der Waals surface area contributed by atoms with Crippen LogP contribution in [0.5, 0.6) is 0 Å². The summed E-state index contributed by atoms with van der Waals surface area (Å²) in [5, 5.41) is 14.8. The molecule has 1 aromatic rings. The molecule has 5 nitrogen and oxygen atoms in total. The van der Waals surface area contributed by atoms with Gasteiger partial charge in [-0.1, -0.05) is 18.2 Å². The van der Waals surface area contributed by atoms with Crippen molar-refractivity contribution in [3.8, 4) is 0 Å². The van der Waals surface area contributed by atoms with Gasteiger partial charge in [0.2, 0.25) is 5.91 Å². The van der Waals surface area contributed by atoms with E-state index in [9.17, 15) is 9.59 Å². The molecule has 0 aliphatic carbocycles. The zero-order valence-corrected chi connectivity index (χ0v) is 11.2. The highest BCUT2D eigenvalue weighted by Gasteiger charge is 2.21. The van der Waals surface area contributed by atoms with Gasteiger partial charge < -0.3 is 15.7 Å². The van der Waals surface area contributed by atoms with Crippen LogP contribution in [0, 0.1) is 0 Å². The summed E-state index contributed by atoms with van der Waals surface area (Å²) in [5.74, 6) is 0.741. The monoisotopic (exact) mass is 280 g/mol. The summed E-state index contributed by atoms with van der Waals surface area (Å²) in [6.45, 7) is 0.819. The Hall–Kier alpha value is -1.53. The van der Waals surface area contributed by atoms with Crippen LogP contribution in [0.15, 0.2) is 24.3 Å². The number of rotatable bonds is 4. The Balaban J connectivity index is 2.05. The second-order valence-electron chi connectivity index (χ2n) is 4.30. The summed E-state index contributed by atoms with van der Waals surface area (Å²) in [5.41, 5.74) is 1.19. The molecule has 1 fully saturated rings. The van der Waals surface area contributed by atoms with Crippen LogP contribution >= 0.6 is 11.8 Å². The molecule has 102 valence electrons. The van der Waals surface area contributed by atoms with Gasteiger partial charge >= 0.3 is 5.97 Å². The second kappa shape index (κ2) is 6.58. The van der Waals surface area contributed by atoms with Crippen LogP contribution in [0.3, 0.4) is 0 Å². The van der Waals surface area contributed by atoms with Gasteiger partial charge in [-0.2, -0.15) is 11.8 Å². The predicted molar refractivity (Wildman–Crippen MR) is 75.5 cm³/mol. The number of benzene rings is 1. The highest BCUT2D eigenvalue weighted by molar-refractivity contribution is 7.99. The van der Waals surface area contributed by atoms with Crippen LogP contribution in [0.4, 0.5) is 5.69 Å². The van der Waals surface area contributed by atoms with E-state index in [1.165, 1.54) is 0 Å². The summed E-state index contributed by atoms with van der Waals surface area (Å²) in [7, 11) is 0. The molecule has 1 unspecified atom stereocenters. The van der Waals surface area contributed by atoms with E-state index in [2.05, 4.69) is 10.6 Å². The van der Waals surface area contributed by atoms with Gasteiger partial charge in [-0.15, -0.1) is 0 Å². The molecule has 0 saturated carbocycles. The fourth-order valence-electron chi connectivity index (χ4n) is 1.91. The van der Waals surface area contributed by atoms with Crippen LogP contribution in [-0.2, 0) is 16.0 Å². The molecule has 1 heterocycles.